The summed E-state index contributed by atoms with van der Waals surface area (Å²) in [6, 6.07) is 5.11. The van der Waals surface area contributed by atoms with Crippen LogP contribution in [0.2, 0.25) is 0 Å². The summed E-state index contributed by atoms with van der Waals surface area (Å²) in [4.78, 5) is 12.6. The fourth-order valence-corrected chi connectivity index (χ4v) is 1.64. The van der Waals surface area contributed by atoms with Gasteiger partial charge in [0.05, 0.1) is 4.92 Å². The lowest BCUT2D eigenvalue weighted by Crippen LogP contribution is -2.16. The largest absolute Gasteiger partial charge is 0.379 e. The molecule has 0 radical (unpaired) electrons. The van der Waals surface area contributed by atoms with E-state index in [4.69, 9.17) is 0 Å². The molecular formula is C12H19N3O2. The van der Waals surface area contributed by atoms with Crippen molar-refractivity contribution in [1.29, 1.82) is 0 Å². The highest BCUT2D eigenvalue weighted by Gasteiger charge is 2.14. The van der Waals surface area contributed by atoms with Crippen LogP contribution in [0.4, 0.5) is 11.4 Å². The molecule has 5 nitrogen and oxygen atoms in total. The van der Waals surface area contributed by atoms with Crippen molar-refractivity contribution in [2.24, 2.45) is 0 Å². The van der Waals surface area contributed by atoms with Crippen LogP contribution < -0.4 is 5.32 Å². The molecule has 0 amide bonds. The number of nitro groups is 1. The van der Waals surface area contributed by atoms with E-state index in [0.29, 0.717) is 5.69 Å². The molecule has 0 aliphatic heterocycles. The first-order valence-corrected chi connectivity index (χ1v) is 5.65. The van der Waals surface area contributed by atoms with Crippen LogP contribution in [0.25, 0.3) is 0 Å². The Labute approximate surface area is 102 Å². The van der Waals surface area contributed by atoms with Crippen LogP contribution in [0, 0.1) is 17.0 Å². The topological polar surface area (TPSA) is 58.4 Å². The second-order valence-corrected chi connectivity index (χ2v) is 4.31. The molecule has 1 N–H and O–H groups in total. The van der Waals surface area contributed by atoms with Gasteiger partial charge in [-0.05, 0) is 39.5 Å². The number of benzene rings is 1. The zero-order valence-corrected chi connectivity index (χ0v) is 10.6. The Kier molecular flexibility index (Phi) is 4.90. The highest BCUT2D eigenvalue weighted by Crippen LogP contribution is 2.27. The SMILES string of the molecule is Cc1cccc([N+](=O)[O-])c1NCCCN(C)C. The number of nitrogens with one attached hydrogen (secondary N) is 1. The summed E-state index contributed by atoms with van der Waals surface area (Å²) in [5.74, 6) is 0. The Hall–Kier alpha value is -1.62. The smallest absolute Gasteiger partial charge is 0.292 e. The molecular weight excluding hydrogens is 218 g/mol. The summed E-state index contributed by atoms with van der Waals surface area (Å²) >= 11 is 0. The normalized spacial score (nSPS) is 10.6. The molecule has 1 aromatic rings. The molecule has 0 spiro atoms. The fraction of sp³-hybridized carbons (Fsp3) is 0.500. The number of nitro benzene ring substituents is 1. The number of anilines is 1. The van der Waals surface area contributed by atoms with Crippen molar-refractivity contribution in [2.75, 3.05) is 32.5 Å². The third-order valence-corrected chi connectivity index (χ3v) is 2.53. The number of nitrogens with zero attached hydrogens (tertiary/aromatic N) is 2. The first-order chi connectivity index (χ1) is 8.02. The van der Waals surface area contributed by atoms with E-state index >= 15 is 0 Å². The number of hydrogen-bond acceptors (Lipinski definition) is 4. The van der Waals surface area contributed by atoms with Gasteiger partial charge in [0.1, 0.15) is 5.69 Å². The van der Waals surface area contributed by atoms with Crippen LogP contribution in [0.1, 0.15) is 12.0 Å². The average Bonchev–Trinajstić information content (AvgIpc) is 2.25. The first-order valence-electron chi connectivity index (χ1n) is 5.65. The maximum atomic E-state index is 10.9. The zero-order chi connectivity index (χ0) is 12.8. The molecule has 17 heavy (non-hydrogen) atoms. The van der Waals surface area contributed by atoms with Gasteiger partial charge in [-0.25, -0.2) is 0 Å². The molecule has 0 aromatic heterocycles. The Morgan fingerprint density at radius 3 is 2.71 bits per heavy atom. The molecule has 1 aromatic carbocycles. The van der Waals surface area contributed by atoms with Gasteiger partial charge < -0.3 is 10.2 Å². The summed E-state index contributed by atoms with van der Waals surface area (Å²) in [5, 5.41) is 14.0. The highest BCUT2D eigenvalue weighted by molar-refractivity contribution is 5.65. The molecule has 94 valence electrons. The molecule has 0 fully saturated rings. The standard InChI is InChI=1S/C12H19N3O2/c1-10-6-4-7-11(15(16)17)12(10)13-8-5-9-14(2)3/h4,6-7,13H,5,8-9H2,1-3H3. The maximum absolute atomic E-state index is 10.9. The number of rotatable bonds is 6. The maximum Gasteiger partial charge on any atom is 0.292 e. The van der Waals surface area contributed by atoms with Gasteiger partial charge in [0, 0.05) is 12.6 Å². The van der Waals surface area contributed by atoms with Crippen LogP contribution in [0.3, 0.4) is 0 Å². The van der Waals surface area contributed by atoms with Crippen molar-refractivity contribution in [3.63, 3.8) is 0 Å². The average molecular weight is 237 g/mol. The molecule has 1 rings (SSSR count). The molecule has 0 atom stereocenters. The Bertz CT molecular complexity index is 391. The summed E-state index contributed by atoms with van der Waals surface area (Å²) < 4.78 is 0. The van der Waals surface area contributed by atoms with Crippen molar-refractivity contribution in [3.05, 3.63) is 33.9 Å². The number of para-hydroxylation sites is 1. The van der Waals surface area contributed by atoms with Crippen molar-refractivity contribution in [2.45, 2.75) is 13.3 Å². The molecule has 5 heteroatoms. The van der Waals surface area contributed by atoms with E-state index in [1.165, 1.54) is 6.07 Å². The zero-order valence-electron chi connectivity index (χ0n) is 10.6. The van der Waals surface area contributed by atoms with E-state index in [1.807, 2.05) is 27.1 Å². The van der Waals surface area contributed by atoms with E-state index < -0.39 is 0 Å². The van der Waals surface area contributed by atoms with E-state index in [-0.39, 0.29) is 10.6 Å². The first kappa shape index (κ1) is 13.4. The van der Waals surface area contributed by atoms with Crippen LogP contribution in [0.15, 0.2) is 18.2 Å². The van der Waals surface area contributed by atoms with Crippen LogP contribution >= 0.6 is 0 Å². The van der Waals surface area contributed by atoms with Gasteiger partial charge in [0.2, 0.25) is 0 Å². The van der Waals surface area contributed by atoms with Crippen LogP contribution in [-0.4, -0.2) is 37.0 Å². The van der Waals surface area contributed by atoms with Crippen molar-refractivity contribution >= 4 is 11.4 Å². The Morgan fingerprint density at radius 1 is 1.41 bits per heavy atom. The second kappa shape index (κ2) is 6.20. The lowest BCUT2D eigenvalue weighted by molar-refractivity contribution is -0.384. The van der Waals surface area contributed by atoms with Crippen LogP contribution in [-0.2, 0) is 0 Å². The van der Waals surface area contributed by atoms with Crippen LogP contribution in [0.5, 0.6) is 0 Å². The predicted molar refractivity (Wildman–Crippen MR) is 69.5 cm³/mol. The molecule has 0 saturated heterocycles. The second-order valence-electron chi connectivity index (χ2n) is 4.31. The fourth-order valence-electron chi connectivity index (χ4n) is 1.64. The van der Waals surface area contributed by atoms with Gasteiger partial charge in [-0.2, -0.15) is 0 Å². The van der Waals surface area contributed by atoms with Gasteiger partial charge >= 0.3 is 0 Å². The third kappa shape index (κ3) is 4.03. The minimum atomic E-state index is -0.346. The molecule has 0 bridgehead atoms. The van der Waals surface area contributed by atoms with Gasteiger partial charge in [0.15, 0.2) is 0 Å². The molecule has 0 saturated carbocycles. The van der Waals surface area contributed by atoms with Gasteiger partial charge in [-0.15, -0.1) is 0 Å². The van der Waals surface area contributed by atoms with Crippen molar-refractivity contribution in [1.82, 2.24) is 4.90 Å². The summed E-state index contributed by atoms with van der Waals surface area (Å²) in [6.45, 7) is 3.58. The lowest BCUT2D eigenvalue weighted by atomic mass is 10.1. The monoisotopic (exact) mass is 237 g/mol. The highest BCUT2D eigenvalue weighted by atomic mass is 16.6. The van der Waals surface area contributed by atoms with Crippen molar-refractivity contribution < 1.29 is 4.92 Å². The van der Waals surface area contributed by atoms with E-state index in [2.05, 4.69) is 10.2 Å². The summed E-state index contributed by atoms with van der Waals surface area (Å²) in [5.41, 5.74) is 1.69. The van der Waals surface area contributed by atoms with Gasteiger partial charge in [-0.3, -0.25) is 10.1 Å². The predicted octanol–water partition coefficient (Wildman–Crippen LogP) is 2.27. The molecule has 0 aliphatic rings. The number of aryl methyl sites for hydroxylation is 1. The number of hydrogen-bond donors (Lipinski definition) is 1. The molecule has 0 heterocycles. The van der Waals surface area contributed by atoms with E-state index in [9.17, 15) is 10.1 Å². The van der Waals surface area contributed by atoms with E-state index in [1.54, 1.807) is 6.07 Å². The van der Waals surface area contributed by atoms with Crippen molar-refractivity contribution in [3.8, 4) is 0 Å². The minimum absolute atomic E-state index is 0.148. The molecule has 0 unspecified atom stereocenters. The Morgan fingerprint density at radius 2 is 2.12 bits per heavy atom. The summed E-state index contributed by atoms with van der Waals surface area (Å²) in [6.07, 6.45) is 0.957. The minimum Gasteiger partial charge on any atom is -0.379 e. The quantitative estimate of drug-likeness (QED) is 0.468. The summed E-state index contributed by atoms with van der Waals surface area (Å²) in [7, 11) is 4.02. The Balaban J connectivity index is 2.66. The molecule has 0 aliphatic carbocycles. The van der Waals surface area contributed by atoms with Gasteiger partial charge in [-0.1, -0.05) is 12.1 Å². The third-order valence-electron chi connectivity index (χ3n) is 2.53. The lowest BCUT2D eigenvalue weighted by Gasteiger charge is -2.12. The van der Waals surface area contributed by atoms with Gasteiger partial charge in [0.25, 0.3) is 5.69 Å². The van der Waals surface area contributed by atoms with E-state index in [0.717, 1.165) is 25.1 Å².